The van der Waals surface area contributed by atoms with Crippen molar-refractivity contribution in [2.24, 2.45) is 0 Å². The molecule has 0 spiro atoms. The zero-order valence-corrected chi connectivity index (χ0v) is 20.3. The van der Waals surface area contributed by atoms with Crippen LogP contribution in [-0.4, -0.2) is 42.0 Å². The van der Waals surface area contributed by atoms with Gasteiger partial charge in [-0.15, -0.1) is 0 Å². The number of ether oxygens (including phenoxy) is 2. The molecule has 5 rings (SSSR count). The van der Waals surface area contributed by atoms with Crippen molar-refractivity contribution in [2.75, 3.05) is 19.9 Å². The number of fused-ring (bicyclic) bond motifs is 2. The number of thiocarbonyl (C=S) groups is 1. The van der Waals surface area contributed by atoms with Gasteiger partial charge in [0.2, 0.25) is 6.79 Å². The van der Waals surface area contributed by atoms with E-state index in [-0.39, 0.29) is 5.41 Å². The molecule has 2 aromatic carbocycles. The van der Waals surface area contributed by atoms with Gasteiger partial charge in [-0.05, 0) is 74.1 Å². The van der Waals surface area contributed by atoms with E-state index in [9.17, 15) is 0 Å². The first-order chi connectivity index (χ1) is 16.2. The average molecular weight is 466 g/mol. The molecule has 2 heterocycles. The molecule has 1 saturated heterocycles. The number of rotatable bonds is 7. The van der Waals surface area contributed by atoms with Crippen LogP contribution in [0.5, 0.6) is 11.5 Å². The van der Waals surface area contributed by atoms with Crippen molar-refractivity contribution in [1.29, 1.82) is 0 Å². The molecule has 0 aromatic heterocycles. The van der Waals surface area contributed by atoms with Gasteiger partial charge in [-0.2, -0.15) is 0 Å². The number of hydrogen-bond acceptors (Lipinski definition) is 4. The SMILES string of the molecule is CCCCNC(=S)N[C@H]1CC[C@@]2(c3ccc4c(c3)OCO4)CCN(Cc3ccccc3)[C@@H]2C1. The topological polar surface area (TPSA) is 45.8 Å². The highest BCUT2D eigenvalue weighted by molar-refractivity contribution is 7.80. The van der Waals surface area contributed by atoms with Gasteiger partial charge in [0, 0.05) is 30.6 Å². The lowest BCUT2D eigenvalue weighted by Gasteiger charge is -2.45. The van der Waals surface area contributed by atoms with Crippen molar-refractivity contribution in [3.05, 3.63) is 59.7 Å². The quantitative estimate of drug-likeness (QED) is 0.455. The summed E-state index contributed by atoms with van der Waals surface area (Å²) in [6, 6.07) is 18.3. The summed E-state index contributed by atoms with van der Waals surface area (Å²) in [6.45, 7) is 5.57. The monoisotopic (exact) mass is 465 g/mol. The maximum Gasteiger partial charge on any atom is 0.231 e. The molecule has 0 unspecified atom stereocenters. The van der Waals surface area contributed by atoms with Gasteiger partial charge in [-0.25, -0.2) is 0 Å². The largest absolute Gasteiger partial charge is 0.454 e. The number of benzene rings is 2. The Labute approximate surface area is 202 Å². The van der Waals surface area contributed by atoms with Crippen LogP contribution >= 0.6 is 12.2 Å². The molecular formula is C27H35N3O2S. The predicted octanol–water partition coefficient (Wildman–Crippen LogP) is 4.74. The van der Waals surface area contributed by atoms with Crippen LogP contribution < -0.4 is 20.1 Å². The number of hydrogen-bond donors (Lipinski definition) is 2. The highest BCUT2D eigenvalue weighted by atomic mass is 32.1. The minimum atomic E-state index is 0.144. The molecular weight excluding hydrogens is 430 g/mol. The van der Waals surface area contributed by atoms with Gasteiger partial charge in [0.25, 0.3) is 0 Å². The zero-order chi connectivity index (χ0) is 22.7. The summed E-state index contributed by atoms with van der Waals surface area (Å²) in [4.78, 5) is 2.70. The van der Waals surface area contributed by atoms with Gasteiger partial charge in [0.15, 0.2) is 16.6 Å². The Morgan fingerprint density at radius 3 is 2.82 bits per heavy atom. The third-order valence-electron chi connectivity index (χ3n) is 7.70. The summed E-state index contributed by atoms with van der Waals surface area (Å²) in [7, 11) is 0. The lowest BCUT2D eigenvalue weighted by Crippen LogP contribution is -2.53. The summed E-state index contributed by atoms with van der Waals surface area (Å²) >= 11 is 5.61. The molecule has 5 nitrogen and oxygen atoms in total. The highest BCUT2D eigenvalue weighted by Gasteiger charge is 2.51. The maximum absolute atomic E-state index is 5.74. The van der Waals surface area contributed by atoms with Crippen molar-refractivity contribution in [3.63, 3.8) is 0 Å². The third-order valence-corrected chi connectivity index (χ3v) is 7.96. The second kappa shape index (κ2) is 9.90. The Hall–Kier alpha value is -2.31. The normalized spacial score (nSPS) is 26.1. The fraction of sp³-hybridized carbons (Fsp3) is 0.519. The molecule has 0 amide bonds. The maximum atomic E-state index is 5.74. The Bertz CT molecular complexity index is 969. The van der Waals surface area contributed by atoms with Gasteiger partial charge in [-0.3, -0.25) is 4.90 Å². The van der Waals surface area contributed by atoms with Crippen LogP contribution in [0.3, 0.4) is 0 Å². The fourth-order valence-electron chi connectivity index (χ4n) is 5.94. The molecule has 2 N–H and O–H groups in total. The van der Waals surface area contributed by atoms with E-state index >= 15 is 0 Å². The van der Waals surface area contributed by atoms with Gasteiger partial charge in [-0.1, -0.05) is 49.7 Å². The number of unbranched alkanes of at least 4 members (excludes halogenated alkanes) is 1. The van der Waals surface area contributed by atoms with E-state index in [0.29, 0.717) is 18.9 Å². The summed E-state index contributed by atoms with van der Waals surface area (Å²) in [5.41, 5.74) is 2.92. The Morgan fingerprint density at radius 2 is 1.97 bits per heavy atom. The van der Waals surface area contributed by atoms with Crippen LogP contribution in [0.15, 0.2) is 48.5 Å². The Morgan fingerprint density at radius 1 is 1.12 bits per heavy atom. The number of likely N-dealkylation sites (tertiary alicyclic amines) is 1. The Balaban J connectivity index is 1.37. The molecule has 2 fully saturated rings. The first-order valence-corrected chi connectivity index (χ1v) is 12.8. The van der Waals surface area contributed by atoms with E-state index < -0.39 is 0 Å². The minimum Gasteiger partial charge on any atom is -0.454 e. The molecule has 33 heavy (non-hydrogen) atoms. The van der Waals surface area contributed by atoms with E-state index in [1.165, 1.54) is 24.0 Å². The van der Waals surface area contributed by atoms with E-state index in [1.807, 2.05) is 0 Å². The minimum absolute atomic E-state index is 0.144. The van der Waals surface area contributed by atoms with Crippen LogP contribution in [0.1, 0.15) is 56.6 Å². The Kier molecular flexibility index (Phi) is 6.74. The highest BCUT2D eigenvalue weighted by Crippen LogP contribution is 2.51. The molecule has 176 valence electrons. The molecule has 0 bridgehead atoms. The zero-order valence-electron chi connectivity index (χ0n) is 19.5. The molecule has 1 aliphatic carbocycles. The fourth-order valence-corrected chi connectivity index (χ4v) is 6.21. The molecule has 2 aliphatic heterocycles. The first-order valence-electron chi connectivity index (χ1n) is 12.4. The second-order valence-corrected chi connectivity index (χ2v) is 10.1. The molecule has 2 aromatic rings. The summed E-state index contributed by atoms with van der Waals surface area (Å²) in [6.07, 6.45) is 6.87. The number of nitrogens with zero attached hydrogens (tertiary/aromatic N) is 1. The van der Waals surface area contributed by atoms with Gasteiger partial charge >= 0.3 is 0 Å². The van der Waals surface area contributed by atoms with Crippen LogP contribution in [0.2, 0.25) is 0 Å². The van der Waals surface area contributed by atoms with E-state index in [1.54, 1.807) is 0 Å². The van der Waals surface area contributed by atoms with Crippen molar-refractivity contribution in [2.45, 2.75) is 69.5 Å². The molecule has 6 heteroatoms. The lowest BCUT2D eigenvalue weighted by molar-refractivity contribution is 0.134. The molecule has 1 saturated carbocycles. The predicted molar refractivity (Wildman–Crippen MR) is 136 cm³/mol. The second-order valence-electron chi connectivity index (χ2n) is 9.67. The summed E-state index contributed by atoms with van der Waals surface area (Å²) < 4.78 is 11.3. The summed E-state index contributed by atoms with van der Waals surface area (Å²) in [5, 5.41) is 7.82. The molecule has 3 aliphatic rings. The van der Waals surface area contributed by atoms with Crippen LogP contribution in [0.25, 0.3) is 0 Å². The van der Waals surface area contributed by atoms with E-state index in [2.05, 4.69) is 71.0 Å². The molecule has 0 radical (unpaired) electrons. The van der Waals surface area contributed by atoms with Crippen molar-refractivity contribution in [3.8, 4) is 11.5 Å². The van der Waals surface area contributed by atoms with E-state index in [0.717, 1.165) is 61.9 Å². The van der Waals surface area contributed by atoms with Gasteiger partial charge in [0.1, 0.15) is 0 Å². The van der Waals surface area contributed by atoms with Crippen molar-refractivity contribution < 1.29 is 9.47 Å². The first kappa shape index (κ1) is 22.5. The standard InChI is InChI=1S/C27H35N3O2S/c1-2-3-14-28-26(33)29-22-11-12-27(21-9-10-23-24(16-21)32-19-31-23)13-15-30(25(27)17-22)18-20-7-5-4-6-8-20/h4-10,16,22,25H,2-3,11-15,17-19H2,1H3,(H2,28,29,33)/t22-,25+,27-/m0/s1. The van der Waals surface area contributed by atoms with Crippen molar-refractivity contribution in [1.82, 2.24) is 15.5 Å². The lowest BCUT2D eigenvalue weighted by atomic mass is 9.65. The van der Waals surface area contributed by atoms with Crippen LogP contribution in [-0.2, 0) is 12.0 Å². The van der Waals surface area contributed by atoms with Gasteiger partial charge in [0.05, 0.1) is 0 Å². The van der Waals surface area contributed by atoms with Crippen LogP contribution in [0, 0.1) is 0 Å². The molecule has 3 atom stereocenters. The van der Waals surface area contributed by atoms with Crippen LogP contribution in [0.4, 0.5) is 0 Å². The smallest absolute Gasteiger partial charge is 0.231 e. The van der Waals surface area contributed by atoms with Crippen molar-refractivity contribution >= 4 is 17.3 Å². The average Bonchev–Trinajstić information content (AvgIpc) is 3.45. The number of nitrogens with one attached hydrogen (secondary N) is 2. The van der Waals surface area contributed by atoms with Gasteiger partial charge < -0.3 is 20.1 Å². The third kappa shape index (κ3) is 4.69. The summed E-state index contributed by atoms with van der Waals surface area (Å²) in [5.74, 6) is 1.76. The van der Waals surface area contributed by atoms with E-state index in [4.69, 9.17) is 21.7 Å².